The third-order valence-electron chi connectivity index (χ3n) is 6.39. The monoisotopic (exact) mass is 362 g/mol. The molecule has 1 aliphatic heterocycles. The number of carbonyl (C=O) groups excluding carboxylic acids is 1. The van der Waals surface area contributed by atoms with Gasteiger partial charge in [0.05, 0.1) is 18.2 Å². The summed E-state index contributed by atoms with van der Waals surface area (Å²) in [4.78, 5) is 14.7. The van der Waals surface area contributed by atoms with Crippen LogP contribution in [0.1, 0.15) is 46.4 Å². The minimum Gasteiger partial charge on any atom is -0.472 e. The van der Waals surface area contributed by atoms with Gasteiger partial charge >= 0.3 is 0 Å². The number of furan rings is 1. The number of fused-ring (bicyclic) bond motifs is 2. The molecule has 2 aromatic heterocycles. The Morgan fingerprint density at radius 1 is 1.11 bits per heavy atom. The summed E-state index contributed by atoms with van der Waals surface area (Å²) in [5.74, 6) is 0.0390. The lowest BCUT2D eigenvalue weighted by Crippen LogP contribution is -2.44. The maximum absolute atomic E-state index is 12.7. The Morgan fingerprint density at radius 2 is 1.96 bits per heavy atom. The largest absolute Gasteiger partial charge is 0.472 e. The lowest BCUT2D eigenvalue weighted by atomic mass is 9.73. The number of aromatic nitrogens is 1. The molecule has 1 fully saturated rings. The zero-order chi connectivity index (χ0) is 18.4. The fourth-order valence-electron chi connectivity index (χ4n) is 4.76. The van der Waals surface area contributed by atoms with Crippen molar-refractivity contribution in [3.8, 4) is 11.1 Å². The minimum atomic E-state index is 0.0390. The van der Waals surface area contributed by atoms with Gasteiger partial charge < -0.3 is 13.8 Å². The highest BCUT2D eigenvalue weighted by Gasteiger charge is 2.42. The molecule has 2 aliphatic rings. The third-order valence-corrected chi connectivity index (χ3v) is 6.39. The van der Waals surface area contributed by atoms with Crippen LogP contribution in [0.4, 0.5) is 0 Å². The van der Waals surface area contributed by atoms with E-state index in [0.717, 1.165) is 37.9 Å². The highest BCUT2D eigenvalue weighted by atomic mass is 16.5. The number of amides is 1. The van der Waals surface area contributed by atoms with Crippen molar-refractivity contribution < 1.29 is 13.7 Å². The van der Waals surface area contributed by atoms with E-state index in [1.54, 1.807) is 12.5 Å². The van der Waals surface area contributed by atoms with Crippen molar-refractivity contribution in [2.45, 2.75) is 38.0 Å². The van der Waals surface area contributed by atoms with Crippen LogP contribution >= 0.6 is 0 Å². The third kappa shape index (κ3) is 2.60. The van der Waals surface area contributed by atoms with Crippen LogP contribution in [-0.4, -0.2) is 29.1 Å². The van der Waals surface area contributed by atoms with Gasteiger partial charge in [0.25, 0.3) is 5.91 Å². The highest BCUT2D eigenvalue weighted by molar-refractivity contribution is 5.94. The minimum absolute atomic E-state index is 0.0390. The van der Waals surface area contributed by atoms with Crippen molar-refractivity contribution in [1.82, 2.24) is 10.1 Å². The smallest absolute Gasteiger partial charge is 0.259 e. The molecule has 1 aromatic carbocycles. The van der Waals surface area contributed by atoms with Gasteiger partial charge in [-0.2, -0.15) is 0 Å². The van der Waals surface area contributed by atoms with E-state index in [4.69, 9.17) is 8.94 Å². The molecule has 0 atom stereocenters. The van der Waals surface area contributed by atoms with Crippen molar-refractivity contribution in [2.75, 3.05) is 13.1 Å². The second-order valence-corrected chi connectivity index (χ2v) is 7.77. The lowest BCUT2D eigenvalue weighted by Gasteiger charge is -2.40. The molecule has 0 radical (unpaired) electrons. The number of hydrogen-bond acceptors (Lipinski definition) is 4. The zero-order valence-corrected chi connectivity index (χ0v) is 15.4. The maximum Gasteiger partial charge on any atom is 0.259 e. The average Bonchev–Trinajstić information content (AvgIpc) is 3.43. The highest BCUT2D eigenvalue weighted by Crippen LogP contribution is 2.47. The Hall–Kier alpha value is -2.82. The first-order chi connectivity index (χ1) is 13.2. The Bertz CT molecular complexity index is 979. The average molecular weight is 362 g/mol. The van der Waals surface area contributed by atoms with Crippen molar-refractivity contribution in [1.29, 1.82) is 0 Å². The van der Waals surface area contributed by atoms with Gasteiger partial charge in [-0.1, -0.05) is 23.4 Å². The molecule has 1 spiro atoms. The number of piperidine rings is 1. The van der Waals surface area contributed by atoms with Crippen molar-refractivity contribution in [3.63, 3.8) is 0 Å². The second-order valence-electron chi connectivity index (χ2n) is 7.77. The van der Waals surface area contributed by atoms with Crippen LogP contribution < -0.4 is 0 Å². The number of hydrogen-bond donors (Lipinski definition) is 0. The van der Waals surface area contributed by atoms with E-state index in [1.165, 1.54) is 29.4 Å². The summed E-state index contributed by atoms with van der Waals surface area (Å²) in [5, 5.41) is 3.83. The van der Waals surface area contributed by atoms with Crippen LogP contribution in [0.3, 0.4) is 0 Å². The van der Waals surface area contributed by atoms with E-state index in [9.17, 15) is 4.79 Å². The number of likely N-dealkylation sites (tertiary alicyclic amines) is 1. The normalized spacial score (nSPS) is 18.0. The first-order valence-electron chi connectivity index (χ1n) is 9.53. The van der Waals surface area contributed by atoms with E-state index in [0.29, 0.717) is 11.3 Å². The number of aryl methyl sites for hydroxylation is 2. The molecule has 0 unspecified atom stereocenters. The Labute approximate surface area is 157 Å². The van der Waals surface area contributed by atoms with Crippen LogP contribution in [0.15, 0.2) is 52.0 Å². The number of carbonyl (C=O) groups is 1. The molecule has 5 heteroatoms. The van der Waals surface area contributed by atoms with E-state index < -0.39 is 0 Å². The molecule has 138 valence electrons. The van der Waals surface area contributed by atoms with E-state index >= 15 is 0 Å². The summed E-state index contributed by atoms with van der Waals surface area (Å²) < 4.78 is 10.2. The topological polar surface area (TPSA) is 59.5 Å². The molecule has 1 amide bonds. The number of rotatable bonds is 2. The summed E-state index contributed by atoms with van der Waals surface area (Å²) in [6, 6.07) is 8.82. The van der Waals surface area contributed by atoms with Crippen molar-refractivity contribution in [3.05, 3.63) is 65.4 Å². The molecule has 5 nitrogen and oxygen atoms in total. The maximum atomic E-state index is 12.7. The predicted molar refractivity (Wildman–Crippen MR) is 101 cm³/mol. The second kappa shape index (κ2) is 6.12. The Kier molecular flexibility index (Phi) is 3.71. The molecule has 27 heavy (non-hydrogen) atoms. The molecule has 3 heterocycles. The van der Waals surface area contributed by atoms with Crippen LogP contribution in [0, 0.1) is 6.92 Å². The molecular weight excluding hydrogens is 340 g/mol. The van der Waals surface area contributed by atoms with Gasteiger partial charge in [-0.3, -0.25) is 4.79 Å². The van der Waals surface area contributed by atoms with Crippen LogP contribution in [0.5, 0.6) is 0 Å². The quantitative estimate of drug-likeness (QED) is 0.679. The van der Waals surface area contributed by atoms with Gasteiger partial charge in [0.15, 0.2) is 0 Å². The Morgan fingerprint density at radius 3 is 2.67 bits per heavy atom. The van der Waals surface area contributed by atoms with Crippen LogP contribution in [0.2, 0.25) is 0 Å². The fourth-order valence-corrected chi connectivity index (χ4v) is 4.76. The molecular formula is C22H22N2O3. The predicted octanol–water partition coefficient (Wildman–Crippen LogP) is 4.36. The van der Waals surface area contributed by atoms with Gasteiger partial charge in [0, 0.05) is 18.7 Å². The first-order valence-corrected chi connectivity index (χ1v) is 9.53. The zero-order valence-electron chi connectivity index (χ0n) is 15.4. The lowest BCUT2D eigenvalue weighted by molar-refractivity contribution is 0.0664. The first kappa shape index (κ1) is 16.4. The van der Waals surface area contributed by atoms with Crippen LogP contribution in [-0.2, 0) is 11.8 Å². The SMILES string of the molecule is Cc1nocc1C(=O)N1CCC2(CCc3cc(-c4ccoc4)ccc32)CC1. The molecule has 3 aromatic rings. The standard InChI is InChI=1S/C22H22N2O3/c1-15-19(14-27-23-15)21(25)24-9-7-22(8-10-24)6-4-17-12-16(2-3-20(17)22)18-5-11-26-13-18/h2-3,5,11-14H,4,6-10H2,1H3. The van der Waals surface area contributed by atoms with Crippen molar-refractivity contribution in [2.24, 2.45) is 0 Å². The van der Waals surface area contributed by atoms with Gasteiger partial charge in [0.1, 0.15) is 11.8 Å². The van der Waals surface area contributed by atoms with Crippen LogP contribution in [0.25, 0.3) is 11.1 Å². The van der Waals surface area contributed by atoms with Gasteiger partial charge in [-0.15, -0.1) is 0 Å². The van der Waals surface area contributed by atoms with Crippen molar-refractivity contribution >= 4 is 5.91 Å². The molecule has 5 rings (SSSR count). The molecule has 0 bridgehead atoms. The van der Waals surface area contributed by atoms with Gasteiger partial charge in [0.2, 0.25) is 0 Å². The van der Waals surface area contributed by atoms with E-state index in [-0.39, 0.29) is 11.3 Å². The fraction of sp³-hybridized carbons (Fsp3) is 0.364. The van der Waals surface area contributed by atoms with Gasteiger partial charge in [-0.05, 0) is 60.8 Å². The molecule has 1 aliphatic carbocycles. The Balaban J connectivity index is 1.35. The summed E-state index contributed by atoms with van der Waals surface area (Å²) in [5.41, 5.74) is 6.73. The molecule has 1 saturated heterocycles. The van der Waals surface area contributed by atoms with E-state index in [2.05, 4.69) is 23.4 Å². The number of benzene rings is 1. The summed E-state index contributed by atoms with van der Waals surface area (Å²) in [6.07, 6.45) is 9.29. The summed E-state index contributed by atoms with van der Waals surface area (Å²) in [7, 11) is 0. The molecule has 0 saturated carbocycles. The van der Waals surface area contributed by atoms with Gasteiger partial charge in [-0.25, -0.2) is 0 Å². The summed E-state index contributed by atoms with van der Waals surface area (Å²) >= 11 is 0. The number of nitrogens with zero attached hydrogens (tertiary/aromatic N) is 2. The van der Waals surface area contributed by atoms with E-state index in [1.807, 2.05) is 17.9 Å². The molecule has 0 N–H and O–H groups in total. The summed E-state index contributed by atoms with van der Waals surface area (Å²) in [6.45, 7) is 3.38.